The molecule has 0 fully saturated rings. The zero-order chi connectivity index (χ0) is 29.8. The third-order valence-corrected chi connectivity index (χ3v) is 7.69. The second-order valence-corrected chi connectivity index (χ2v) is 10.4. The number of aromatic nitrogens is 1. The van der Waals surface area contributed by atoms with Crippen LogP contribution in [0.5, 0.6) is 11.5 Å². The zero-order valence-electron chi connectivity index (χ0n) is 23.2. The summed E-state index contributed by atoms with van der Waals surface area (Å²) < 4.78 is 18.5. The van der Waals surface area contributed by atoms with Crippen molar-refractivity contribution in [1.82, 2.24) is 4.57 Å². The number of allylic oxidation sites excluding steroid dienone is 1. The summed E-state index contributed by atoms with van der Waals surface area (Å²) in [5, 5.41) is 9.18. The van der Waals surface area contributed by atoms with Crippen molar-refractivity contribution in [2.24, 2.45) is 4.99 Å². The van der Waals surface area contributed by atoms with E-state index in [0.29, 0.717) is 32.1 Å². The van der Waals surface area contributed by atoms with Crippen LogP contribution >= 0.6 is 11.3 Å². The molecule has 1 atom stereocenters. The number of carboxylic acids is 1. The monoisotopic (exact) mass is 584 g/mol. The van der Waals surface area contributed by atoms with Gasteiger partial charge in [0.25, 0.3) is 5.56 Å². The fourth-order valence-corrected chi connectivity index (χ4v) is 5.71. The Kier molecular flexibility index (Phi) is 8.35. The topological polar surface area (TPSA) is 116 Å². The van der Waals surface area contributed by atoms with Crippen LogP contribution in [-0.2, 0) is 16.1 Å². The number of carbonyl (C=O) groups excluding carboxylic acids is 1. The van der Waals surface area contributed by atoms with Gasteiger partial charge in [0.1, 0.15) is 18.1 Å². The number of benzene rings is 3. The van der Waals surface area contributed by atoms with Crippen LogP contribution in [0.15, 0.2) is 93.9 Å². The van der Waals surface area contributed by atoms with E-state index >= 15 is 0 Å². The Morgan fingerprint density at radius 3 is 2.43 bits per heavy atom. The first-order valence-corrected chi connectivity index (χ1v) is 14.0. The van der Waals surface area contributed by atoms with Gasteiger partial charge in [0.15, 0.2) is 4.80 Å². The minimum atomic E-state index is -0.992. The lowest BCUT2D eigenvalue weighted by Crippen LogP contribution is -2.39. The van der Waals surface area contributed by atoms with Gasteiger partial charge >= 0.3 is 11.9 Å². The predicted octanol–water partition coefficient (Wildman–Crippen LogP) is 4.08. The number of fused-ring (bicyclic) bond motifs is 1. The van der Waals surface area contributed by atoms with Crippen LogP contribution in [0.3, 0.4) is 0 Å². The molecule has 214 valence electrons. The lowest BCUT2D eigenvalue weighted by molar-refractivity contribution is -0.139. The van der Waals surface area contributed by atoms with Crippen molar-refractivity contribution in [2.45, 2.75) is 26.5 Å². The van der Waals surface area contributed by atoms with Gasteiger partial charge in [-0.25, -0.2) is 14.6 Å². The number of ether oxygens (including phenoxy) is 3. The number of carboxylic acid groups (broad SMARTS) is 1. The molecular formula is C32H28N2O7S. The average Bonchev–Trinajstić information content (AvgIpc) is 3.30. The van der Waals surface area contributed by atoms with Gasteiger partial charge in [0, 0.05) is 0 Å². The van der Waals surface area contributed by atoms with Gasteiger partial charge in [-0.05, 0) is 73.0 Å². The summed E-state index contributed by atoms with van der Waals surface area (Å²) in [6.45, 7) is 3.89. The van der Waals surface area contributed by atoms with Gasteiger partial charge in [-0.2, -0.15) is 0 Å². The lowest BCUT2D eigenvalue weighted by Gasteiger charge is -2.24. The summed E-state index contributed by atoms with van der Waals surface area (Å²) >= 11 is 1.25. The number of aromatic carboxylic acids is 1. The second kappa shape index (κ2) is 12.3. The van der Waals surface area contributed by atoms with Crippen LogP contribution in [-0.4, -0.2) is 35.3 Å². The van der Waals surface area contributed by atoms with Crippen LogP contribution in [0.1, 0.15) is 46.9 Å². The number of methoxy groups -OCH3 is 1. The first kappa shape index (κ1) is 28.6. The molecule has 10 heteroatoms. The Hall–Kier alpha value is -4.96. The Morgan fingerprint density at radius 1 is 1.05 bits per heavy atom. The maximum atomic E-state index is 13.8. The molecule has 1 aromatic heterocycles. The van der Waals surface area contributed by atoms with Gasteiger partial charge in [0.05, 0.1) is 41.1 Å². The number of esters is 1. The van der Waals surface area contributed by atoms with E-state index in [9.17, 15) is 19.5 Å². The third kappa shape index (κ3) is 5.89. The number of hydrogen-bond acceptors (Lipinski definition) is 8. The molecule has 1 N–H and O–H groups in total. The van der Waals surface area contributed by atoms with Crippen LogP contribution in [0.25, 0.3) is 6.08 Å². The van der Waals surface area contributed by atoms with Crippen molar-refractivity contribution < 1.29 is 28.9 Å². The smallest absolute Gasteiger partial charge is 0.338 e. The summed E-state index contributed by atoms with van der Waals surface area (Å²) in [7, 11) is 1.57. The van der Waals surface area contributed by atoms with Crippen LogP contribution in [0.4, 0.5) is 0 Å². The van der Waals surface area contributed by atoms with Crippen LogP contribution < -0.4 is 24.4 Å². The van der Waals surface area contributed by atoms with Crippen molar-refractivity contribution in [1.29, 1.82) is 0 Å². The molecule has 1 aliphatic heterocycles. The Morgan fingerprint density at radius 2 is 1.76 bits per heavy atom. The normalized spacial score (nSPS) is 14.6. The molecule has 3 aromatic carbocycles. The molecule has 2 heterocycles. The quantitative estimate of drug-likeness (QED) is 0.295. The van der Waals surface area contributed by atoms with Gasteiger partial charge < -0.3 is 19.3 Å². The average molecular weight is 585 g/mol. The van der Waals surface area contributed by atoms with Crippen molar-refractivity contribution in [3.05, 3.63) is 126 Å². The van der Waals surface area contributed by atoms with E-state index in [0.717, 1.165) is 16.7 Å². The van der Waals surface area contributed by atoms with E-state index < -0.39 is 18.0 Å². The van der Waals surface area contributed by atoms with Gasteiger partial charge in [-0.3, -0.25) is 9.36 Å². The van der Waals surface area contributed by atoms with Gasteiger partial charge in [-0.15, -0.1) is 0 Å². The highest BCUT2D eigenvalue weighted by Gasteiger charge is 2.33. The molecule has 9 nitrogen and oxygen atoms in total. The van der Waals surface area contributed by atoms with Gasteiger partial charge in [0.2, 0.25) is 0 Å². The molecule has 5 rings (SSSR count). The summed E-state index contributed by atoms with van der Waals surface area (Å²) in [4.78, 5) is 43.1. The second-order valence-electron chi connectivity index (χ2n) is 9.44. The maximum Gasteiger partial charge on any atom is 0.338 e. The number of rotatable bonds is 9. The first-order valence-electron chi connectivity index (χ1n) is 13.2. The highest BCUT2D eigenvalue weighted by atomic mass is 32.1. The lowest BCUT2D eigenvalue weighted by atomic mass is 9.96. The van der Waals surface area contributed by atoms with E-state index in [-0.39, 0.29) is 24.3 Å². The predicted molar refractivity (Wildman–Crippen MR) is 158 cm³/mol. The molecular weight excluding hydrogens is 556 g/mol. The van der Waals surface area contributed by atoms with Crippen molar-refractivity contribution >= 4 is 29.4 Å². The first-order chi connectivity index (χ1) is 20.3. The summed E-state index contributed by atoms with van der Waals surface area (Å²) in [5.74, 6) is -0.248. The highest BCUT2D eigenvalue weighted by molar-refractivity contribution is 7.07. The molecule has 1 aliphatic rings. The van der Waals surface area contributed by atoms with E-state index in [1.54, 1.807) is 74.1 Å². The van der Waals surface area contributed by atoms with E-state index in [1.807, 2.05) is 24.3 Å². The molecule has 0 bridgehead atoms. The summed E-state index contributed by atoms with van der Waals surface area (Å²) in [5.41, 5.74) is 3.00. The molecule has 0 saturated heterocycles. The standard InChI is InChI=1S/C32H28N2O7S/c1-4-40-31(38)27-19(2)33-32-34(28(27)22-10-14-24(39-3)15-11-22)29(35)26(42-32)17-20-8-12-25(13-9-20)41-18-21-6-5-7-23(16-21)30(36)37/h5-17,28H,4,18H2,1-3H3,(H,36,37)/b26-17-/t28-/m1/s1. The molecule has 0 aliphatic carbocycles. The maximum absolute atomic E-state index is 13.8. The number of thiazole rings is 1. The number of nitrogens with zero attached hydrogens (tertiary/aromatic N) is 2. The number of carbonyl (C=O) groups is 2. The third-order valence-electron chi connectivity index (χ3n) is 6.71. The molecule has 0 spiro atoms. The van der Waals surface area contributed by atoms with E-state index in [4.69, 9.17) is 14.2 Å². The summed E-state index contributed by atoms with van der Waals surface area (Å²) in [6, 6.07) is 20.3. The highest BCUT2D eigenvalue weighted by Crippen LogP contribution is 2.31. The minimum Gasteiger partial charge on any atom is -0.497 e. The van der Waals surface area contributed by atoms with Crippen molar-refractivity contribution in [3.8, 4) is 11.5 Å². The molecule has 0 amide bonds. The molecule has 0 unspecified atom stereocenters. The SMILES string of the molecule is CCOC(=O)C1=C(C)N=c2s/c(=C\c3ccc(OCc4cccc(C(=O)O)c4)cc3)c(=O)n2[C@@H]1c1ccc(OC)cc1. The van der Waals surface area contributed by atoms with E-state index in [1.165, 1.54) is 17.4 Å². The largest absolute Gasteiger partial charge is 0.497 e. The van der Waals surface area contributed by atoms with Crippen LogP contribution in [0, 0.1) is 0 Å². The number of hydrogen-bond donors (Lipinski definition) is 1. The molecule has 42 heavy (non-hydrogen) atoms. The summed E-state index contributed by atoms with van der Waals surface area (Å²) in [6.07, 6.45) is 1.78. The van der Waals surface area contributed by atoms with Crippen molar-refractivity contribution in [3.63, 3.8) is 0 Å². The molecule has 4 aromatic rings. The fraction of sp³-hybridized carbons (Fsp3) is 0.188. The van der Waals surface area contributed by atoms with Gasteiger partial charge in [-0.1, -0.05) is 47.7 Å². The zero-order valence-corrected chi connectivity index (χ0v) is 24.0. The Balaban J connectivity index is 1.46. The Bertz CT molecular complexity index is 1850. The van der Waals surface area contributed by atoms with Crippen LogP contribution in [0.2, 0.25) is 0 Å². The Labute approximate surface area is 245 Å². The molecule has 0 saturated carbocycles. The molecule has 0 radical (unpaired) electrons. The minimum absolute atomic E-state index is 0.198. The van der Waals surface area contributed by atoms with E-state index in [2.05, 4.69) is 4.99 Å². The fourth-order valence-electron chi connectivity index (χ4n) is 4.67. The van der Waals surface area contributed by atoms with Crippen molar-refractivity contribution in [2.75, 3.05) is 13.7 Å².